The Hall–Kier alpha value is -1.92. The van der Waals surface area contributed by atoms with E-state index in [4.69, 9.17) is 9.47 Å². The molecule has 0 bridgehead atoms. The zero-order chi connectivity index (χ0) is 19.1. The van der Waals surface area contributed by atoms with Gasteiger partial charge >= 0.3 is 0 Å². The van der Waals surface area contributed by atoms with E-state index in [1.54, 1.807) is 0 Å². The fourth-order valence-electron chi connectivity index (χ4n) is 5.15. The van der Waals surface area contributed by atoms with Crippen LogP contribution in [0.3, 0.4) is 0 Å². The molecule has 4 aliphatic rings. The molecule has 0 N–H and O–H groups in total. The predicted octanol–water partition coefficient (Wildman–Crippen LogP) is 2.14. The molecule has 1 unspecified atom stereocenters. The fourth-order valence-corrected chi connectivity index (χ4v) is 5.15. The largest absolute Gasteiger partial charge is 0.350 e. The standard InChI is InChI=1S/C22H28N2O4/c25-20-13-18(14-24(20)19-5-4-15-2-1-3-17(15)12-19)21(26)23-8-6-16(7-9-23)22-27-10-11-28-22/h4-5,12,16,18,22H,1-3,6-11,13-14H2. The van der Waals surface area contributed by atoms with Crippen molar-refractivity contribution < 1.29 is 19.1 Å². The van der Waals surface area contributed by atoms with Gasteiger partial charge in [0.1, 0.15) is 0 Å². The molecule has 5 rings (SSSR count). The molecule has 1 aliphatic carbocycles. The third-order valence-electron chi connectivity index (χ3n) is 6.75. The van der Waals surface area contributed by atoms with E-state index in [2.05, 4.69) is 12.1 Å². The number of benzene rings is 1. The van der Waals surface area contributed by atoms with E-state index in [0.717, 1.165) is 44.5 Å². The molecule has 1 aromatic carbocycles. The Kier molecular flexibility index (Phi) is 4.85. The van der Waals surface area contributed by atoms with Gasteiger partial charge in [-0.15, -0.1) is 0 Å². The zero-order valence-corrected chi connectivity index (χ0v) is 16.3. The topological polar surface area (TPSA) is 59.1 Å². The summed E-state index contributed by atoms with van der Waals surface area (Å²) in [7, 11) is 0. The van der Waals surface area contributed by atoms with Crippen LogP contribution in [0.4, 0.5) is 5.69 Å². The maximum Gasteiger partial charge on any atom is 0.228 e. The highest BCUT2D eigenvalue weighted by Gasteiger charge is 2.39. The van der Waals surface area contributed by atoms with Crippen molar-refractivity contribution in [2.24, 2.45) is 11.8 Å². The number of hydrogen-bond acceptors (Lipinski definition) is 4. The maximum atomic E-state index is 13.0. The summed E-state index contributed by atoms with van der Waals surface area (Å²) in [5, 5.41) is 0. The predicted molar refractivity (Wildman–Crippen MR) is 104 cm³/mol. The highest BCUT2D eigenvalue weighted by atomic mass is 16.7. The second kappa shape index (κ2) is 7.48. The Morgan fingerprint density at radius 3 is 2.57 bits per heavy atom. The van der Waals surface area contributed by atoms with Crippen molar-refractivity contribution in [2.45, 2.75) is 44.8 Å². The van der Waals surface area contributed by atoms with E-state index < -0.39 is 0 Å². The number of ether oxygens (including phenoxy) is 2. The molecule has 3 aliphatic heterocycles. The van der Waals surface area contributed by atoms with E-state index >= 15 is 0 Å². The van der Waals surface area contributed by atoms with Gasteiger partial charge in [-0.1, -0.05) is 6.07 Å². The van der Waals surface area contributed by atoms with Crippen LogP contribution in [0, 0.1) is 11.8 Å². The van der Waals surface area contributed by atoms with Crippen molar-refractivity contribution in [3.8, 4) is 0 Å². The van der Waals surface area contributed by atoms with Gasteiger partial charge in [-0.2, -0.15) is 0 Å². The minimum absolute atomic E-state index is 0.0685. The summed E-state index contributed by atoms with van der Waals surface area (Å²) >= 11 is 0. The Labute approximate surface area is 165 Å². The second-order valence-electron chi connectivity index (χ2n) is 8.48. The Morgan fingerprint density at radius 1 is 1.04 bits per heavy atom. The number of likely N-dealkylation sites (tertiary alicyclic amines) is 1. The van der Waals surface area contributed by atoms with Crippen LogP contribution in [0.25, 0.3) is 0 Å². The van der Waals surface area contributed by atoms with Crippen molar-refractivity contribution in [1.29, 1.82) is 0 Å². The van der Waals surface area contributed by atoms with E-state index in [0.29, 0.717) is 32.1 Å². The molecule has 6 nitrogen and oxygen atoms in total. The summed E-state index contributed by atoms with van der Waals surface area (Å²) in [5.41, 5.74) is 3.72. The number of amides is 2. The molecule has 0 aromatic heterocycles. The summed E-state index contributed by atoms with van der Waals surface area (Å²) in [6.45, 7) is 3.32. The van der Waals surface area contributed by atoms with Crippen LogP contribution >= 0.6 is 0 Å². The highest BCUT2D eigenvalue weighted by Crippen LogP contribution is 2.32. The number of anilines is 1. The van der Waals surface area contributed by atoms with Crippen molar-refractivity contribution in [3.05, 3.63) is 29.3 Å². The molecule has 150 valence electrons. The number of carbonyl (C=O) groups excluding carboxylic acids is 2. The number of rotatable bonds is 3. The third kappa shape index (κ3) is 3.33. The van der Waals surface area contributed by atoms with Gasteiger partial charge < -0.3 is 19.3 Å². The molecule has 28 heavy (non-hydrogen) atoms. The molecule has 3 fully saturated rings. The quantitative estimate of drug-likeness (QED) is 0.801. The van der Waals surface area contributed by atoms with Crippen LogP contribution in [0.2, 0.25) is 0 Å². The van der Waals surface area contributed by atoms with Crippen LogP contribution in [0.15, 0.2) is 18.2 Å². The molecule has 2 amide bonds. The van der Waals surface area contributed by atoms with Gasteiger partial charge in [0.2, 0.25) is 11.8 Å². The molecule has 6 heteroatoms. The van der Waals surface area contributed by atoms with Gasteiger partial charge in [0, 0.05) is 37.7 Å². The molecule has 0 saturated carbocycles. The molecule has 0 spiro atoms. The number of nitrogens with zero attached hydrogens (tertiary/aromatic N) is 2. The number of fused-ring (bicyclic) bond motifs is 1. The van der Waals surface area contributed by atoms with E-state index in [-0.39, 0.29) is 24.0 Å². The summed E-state index contributed by atoms with van der Waals surface area (Å²) in [6.07, 6.45) is 5.47. The summed E-state index contributed by atoms with van der Waals surface area (Å²) in [4.78, 5) is 29.4. The number of piperidine rings is 1. The monoisotopic (exact) mass is 384 g/mol. The van der Waals surface area contributed by atoms with E-state index in [1.165, 1.54) is 17.5 Å². The van der Waals surface area contributed by atoms with Gasteiger partial charge in [-0.3, -0.25) is 9.59 Å². The first-order valence-corrected chi connectivity index (χ1v) is 10.6. The molecule has 1 aromatic rings. The van der Waals surface area contributed by atoms with Crippen LogP contribution < -0.4 is 4.90 Å². The van der Waals surface area contributed by atoms with Gasteiger partial charge in [0.15, 0.2) is 6.29 Å². The second-order valence-corrected chi connectivity index (χ2v) is 8.48. The van der Waals surface area contributed by atoms with Gasteiger partial charge in [-0.25, -0.2) is 0 Å². The molecular formula is C22H28N2O4. The minimum atomic E-state index is -0.226. The zero-order valence-electron chi connectivity index (χ0n) is 16.3. The van der Waals surface area contributed by atoms with Crippen molar-refractivity contribution >= 4 is 17.5 Å². The summed E-state index contributed by atoms with van der Waals surface area (Å²) in [5.74, 6) is 0.346. The third-order valence-corrected chi connectivity index (χ3v) is 6.75. The number of hydrogen-bond donors (Lipinski definition) is 0. The summed E-state index contributed by atoms with van der Waals surface area (Å²) < 4.78 is 11.2. The van der Waals surface area contributed by atoms with E-state index in [9.17, 15) is 9.59 Å². The Balaban J connectivity index is 1.20. The Bertz CT molecular complexity index is 766. The molecular weight excluding hydrogens is 356 g/mol. The smallest absolute Gasteiger partial charge is 0.228 e. The summed E-state index contributed by atoms with van der Waals surface area (Å²) in [6, 6.07) is 6.35. The van der Waals surface area contributed by atoms with Crippen LogP contribution in [-0.2, 0) is 31.9 Å². The lowest BCUT2D eigenvalue weighted by atomic mass is 9.95. The van der Waals surface area contributed by atoms with E-state index in [1.807, 2.05) is 15.9 Å². The highest BCUT2D eigenvalue weighted by molar-refractivity contribution is 6.00. The molecule has 3 heterocycles. The number of carbonyl (C=O) groups is 2. The minimum Gasteiger partial charge on any atom is -0.350 e. The maximum absolute atomic E-state index is 13.0. The normalized spacial score (nSPS) is 26.3. The van der Waals surface area contributed by atoms with Crippen molar-refractivity contribution in [1.82, 2.24) is 4.90 Å². The lowest BCUT2D eigenvalue weighted by Gasteiger charge is -2.35. The SMILES string of the molecule is O=C(C1CC(=O)N(c2ccc3c(c2)CCC3)C1)N1CCC(C2OCCO2)CC1. The lowest BCUT2D eigenvalue weighted by Crippen LogP contribution is -2.44. The van der Waals surface area contributed by atoms with Gasteiger partial charge in [0.25, 0.3) is 0 Å². The first-order chi connectivity index (χ1) is 13.7. The molecule has 1 atom stereocenters. The van der Waals surface area contributed by atoms with Crippen LogP contribution in [0.5, 0.6) is 0 Å². The van der Waals surface area contributed by atoms with Gasteiger partial charge in [0.05, 0.1) is 19.1 Å². The molecule has 0 radical (unpaired) electrons. The van der Waals surface area contributed by atoms with Gasteiger partial charge in [-0.05, 0) is 55.4 Å². The average molecular weight is 384 g/mol. The van der Waals surface area contributed by atoms with Crippen molar-refractivity contribution in [3.63, 3.8) is 0 Å². The van der Waals surface area contributed by atoms with Crippen LogP contribution in [0.1, 0.15) is 36.8 Å². The first kappa shape index (κ1) is 18.1. The Morgan fingerprint density at radius 2 is 1.79 bits per heavy atom. The van der Waals surface area contributed by atoms with Crippen LogP contribution in [-0.4, -0.2) is 55.9 Å². The fraction of sp³-hybridized carbons (Fsp3) is 0.636. The lowest BCUT2D eigenvalue weighted by molar-refractivity contribution is -0.140. The molecule has 3 saturated heterocycles. The average Bonchev–Trinajstić information content (AvgIpc) is 3.47. The number of aryl methyl sites for hydroxylation is 2. The first-order valence-electron chi connectivity index (χ1n) is 10.6. The van der Waals surface area contributed by atoms with Crippen molar-refractivity contribution in [2.75, 3.05) is 37.7 Å².